The molecule has 1 amide bonds. The fraction of sp³-hybridized carbons (Fsp3) is 0.846. The van der Waals surface area contributed by atoms with Gasteiger partial charge in [0, 0.05) is 39.1 Å². The summed E-state index contributed by atoms with van der Waals surface area (Å²) in [5, 5.41) is 8.71. The maximum absolute atomic E-state index is 11.8. The molecule has 104 valence electrons. The summed E-state index contributed by atoms with van der Waals surface area (Å²) in [7, 11) is 0. The molecule has 0 atom stereocenters. The average molecular weight is 257 g/mol. The van der Waals surface area contributed by atoms with Crippen LogP contribution in [0, 0.1) is 5.92 Å². The van der Waals surface area contributed by atoms with Crippen LogP contribution in [-0.2, 0) is 14.3 Å². The molecule has 0 aromatic heterocycles. The monoisotopic (exact) mass is 257 g/mol. The number of piperidine rings is 1. The zero-order chi connectivity index (χ0) is 13.4. The number of nitrogens with zero attached hydrogens (tertiary/aromatic N) is 1. The van der Waals surface area contributed by atoms with Crippen molar-refractivity contribution in [3.63, 3.8) is 0 Å². The molecule has 0 spiro atoms. The molecule has 1 heterocycles. The summed E-state index contributed by atoms with van der Waals surface area (Å²) in [6.07, 6.45) is 3.14. The van der Waals surface area contributed by atoms with E-state index in [0.29, 0.717) is 32.7 Å². The highest BCUT2D eigenvalue weighted by atomic mass is 16.5. The van der Waals surface area contributed by atoms with E-state index >= 15 is 0 Å². The van der Waals surface area contributed by atoms with Gasteiger partial charge in [0.05, 0.1) is 0 Å². The molecule has 5 nitrogen and oxygen atoms in total. The Balaban J connectivity index is 2.17. The van der Waals surface area contributed by atoms with Gasteiger partial charge in [0.25, 0.3) is 0 Å². The lowest BCUT2D eigenvalue weighted by Crippen LogP contribution is -2.38. The SMILES string of the molecule is CCOCCCC(=O)N1CCC(CC(=O)O)CC1. The molecule has 1 N–H and O–H groups in total. The number of carbonyl (C=O) groups is 2. The number of ether oxygens (including phenoxy) is 1. The van der Waals surface area contributed by atoms with E-state index in [9.17, 15) is 9.59 Å². The predicted molar refractivity (Wildman–Crippen MR) is 67.3 cm³/mol. The van der Waals surface area contributed by atoms with Gasteiger partial charge in [0.15, 0.2) is 0 Å². The van der Waals surface area contributed by atoms with Crippen molar-refractivity contribution < 1.29 is 19.4 Å². The van der Waals surface area contributed by atoms with Crippen LogP contribution in [0.25, 0.3) is 0 Å². The molecule has 18 heavy (non-hydrogen) atoms. The van der Waals surface area contributed by atoms with Crippen molar-refractivity contribution >= 4 is 11.9 Å². The Morgan fingerprint density at radius 2 is 2.00 bits per heavy atom. The van der Waals surface area contributed by atoms with Crippen LogP contribution in [0.15, 0.2) is 0 Å². The summed E-state index contributed by atoms with van der Waals surface area (Å²) in [6, 6.07) is 0. The van der Waals surface area contributed by atoms with E-state index in [0.717, 1.165) is 19.3 Å². The summed E-state index contributed by atoms with van der Waals surface area (Å²) in [5.74, 6) is -0.338. The Hall–Kier alpha value is -1.10. The number of carboxylic acid groups (broad SMARTS) is 1. The number of likely N-dealkylation sites (tertiary alicyclic amines) is 1. The zero-order valence-corrected chi connectivity index (χ0v) is 11.1. The second-order valence-electron chi connectivity index (χ2n) is 4.72. The summed E-state index contributed by atoms with van der Waals surface area (Å²) >= 11 is 0. The van der Waals surface area contributed by atoms with Gasteiger partial charge in [-0.15, -0.1) is 0 Å². The van der Waals surface area contributed by atoms with Crippen LogP contribution >= 0.6 is 0 Å². The van der Waals surface area contributed by atoms with Crippen molar-refractivity contribution in [3.8, 4) is 0 Å². The standard InChI is InChI=1S/C13H23NO4/c1-2-18-9-3-4-12(15)14-7-5-11(6-8-14)10-13(16)17/h11H,2-10H2,1H3,(H,16,17). The van der Waals surface area contributed by atoms with Crippen molar-refractivity contribution in [2.24, 2.45) is 5.92 Å². The summed E-state index contributed by atoms with van der Waals surface area (Å²) < 4.78 is 5.20. The number of hydrogen-bond acceptors (Lipinski definition) is 3. The largest absolute Gasteiger partial charge is 0.481 e. The van der Waals surface area contributed by atoms with E-state index < -0.39 is 5.97 Å². The first kappa shape index (κ1) is 15.0. The molecule has 0 radical (unpaired) electrons. The maximum atomic E-state index is 11.8. The molecule has 0 bridgehead atoms. The van der Waals surface area contributed by atoms with Crippen LogP contribution in [0.5, 0.6) is 0 Å². The first-order valence-corrected chi connectivity index (χ1v) is 6.70. The topological polar surface area (TPSA) is 66.8 Å². The van der Waals surface area contributed by atoms with Crippen LogP contribution in [0.4, 0.5) is 0 Å². The number of carbonyl (C=O) groups excluding carboxylic acids is 1. The summed E-state index contributed by atoms with van der Waals surface area (Å²) in [4.78, 5) is 24.3. The van der Waals surface area contributed by atoms with Crippen LogP contribution in [0.3, 0.4) is 0 Å². The molecule has 0 saturated carbocycles. The molecular formula is C13H23NO4. The Morgan fingerprint density at radius 3 is 2.56 bits per heavy atom. The molecule has 0 aromatic rings. The first-order valence-electron chi connectivity index (χ1n) is 6.70. The van der Waals surface area contributed by atoms with Crippen molar-refractivity contribution in [2.75, 3.05) is 26.3 Å². The molecular weight excluding hydrogens is 234 g/mol. The Labute approximate surface area is 108 Å². The van der Waals surface area contributed by atoms with Crippen molar-refractivity contribution in [3.05, 3.63) is 0 Å². The summed E-state index contributed by atoms with van der Waals surface area (Å²) in [6.45, 7) is 4.67. The Bertz CT molecular complexity index is 272. The fourth-order valence-corrected chi connectivity index (χ4v) is 2.26. The van der Waals surface area contributed by atoms with Crippen molar-refractivity contribution in [2.45, 2.75) is 39.0 Å². The third-order valence-corrected chi connectivity index (χ3v) is 3.31. The minimum atomic E-state index is -0.739. The molecule has 1 fully saturated rings. The summed E-state index contributed by atoms with van der Waals surface area (Å²) in [5.41, 5.74) is 0. The Morgan fingerprint density at radius 1 is 1.33 bits per heavy atom. The highest BCUT2D eigenvalue weighted by Gasteiger charge is 2.23. The highest BCUT2D eigenvalue weighted by Crippen LogP contribution is 2.21. The second kappa shape index (κ2) is 8.08. The molecule has 1 saturated heterocycles. The minimum absolute atomic E-state index is 0.170. The quantitative estimate of drug-likeness (QED) is 0.702. The second-order valence-corrected chi connectivity index (χ2v) is 4.72. The molecule has 0 unspecified atom stereocenters. The highest BCUT2D eigenvalue weighted by molar-refractivity contribution is 5.76. The lowest BCUT2D eigenvalue weighted by atomic mass is 9.93. The van der Waals surface area contributed by atoms with Crippen LogP contribution in [0.1, 0.15) is 39.0 Å². The lowest BCUT2D eigenvalue weighted by molar-refractivity contribution is -0.138. The number of amides is 1. The molecule has 5 heteroatoms. The van der Waals surface area contributed by atoms with Gasteiger partial charge in [-0.2, -0.15) is 0 Å². The van der Waals surface area contributed by atoms with Gasteiger partial charge in [0.2, 0.25) is 5.91 Å². The number of hydrogen-bond donors (Lipinski definition) is 1. The molecule has 1 rings (SSSR count). The van der Waals surface area contributed by atoms with Crippen LogP contribution in [-0.4, -0.2) is 48.2 Å². The predicted octanol–water partition coefficient (Wildman–Crippen LogP) is 1.52. The van der Waals surface area contributed by atoms with Gasteiger partial charge in [-0.25, -0.2) is 0 Å². The van der Waals surface area contributed by atoms with Gasteiger partial charge in [-0.05, 0) is 32.1 Å². The Kier molecular flexibility index (Phi) is 6.72. The third kappa shape index (κ3) is 5.49. The van der Waals surface area contributed by atoms with Crippen molar-refractivity contribution in [1.82, 2.24) is 4.90 Å². The molecule has 0 aromatic carbocycles. The normalized spacial score (nSPS) is 16.8. The maximum Gasteiger partial charge on any atom is 0.303 e. The third-order valence-electron chi connectivity index (χ3n) is 3.31. The fourth-order valence-electron chi connectivity index (χ4n) is 2.26. The van der Waals surface area contributed by atoms with E-state index in [2.05, 4.69) is 0 Å². The molecule has 1 aliphatic heterocycles. The van der Waals surface area contributed by atoms with E-state index in [4.69, 9.17) is 9.84 Å². The van der Waals surface area contributed by atoms with Gasteiger partial charge >= 0.3 is 5.97 Å². The first-order chi connectivity index (χ1) is 8.63. The average Bonchev–Trinajstić information content (AvgIpc) is 2.34. The number of aliphatic carboxylic acids is 1. The molecule has 1 aliphatic rings. The van der Waals surface area contributed by atoms with Gasteiger partial charge in [-0.3, -0.25) is 9.59 Å². The number of carboxylic acids is 1. The van der Waals surface area contributed by atoms with E-state index in [1.54, 1.807) is 0 Å². The van der Waals surface area contributed by atoms with E-state index in [-0.39, 0.29) is 18.2 Å². The van der Waals surface area contributed by atoms with E-state index in [1.165, 1.54) is 0 Å². The smallest absolute Gasteiger partial charge is 0.303 e. The van der Waals surface area contributed by atoms with Crippen molar-refractivity contribution in [1.29, 1.82) is 0 Å². The van der Waals surface area contributed by atoms with Gasteiger partial charge in [0.1, 0.15) is 0 Å². The number of rotatable bonds is 7. The van der Waals surface area contributed by atoms with Crippen LogP contribution in [0.2, 0.25) is 0 Å². The van der Waals surface area contributed by atoms with Gasteiger partial charge < -0.3 is 14.7 Å². The zero-order valence-electron chi connectivity index (χ0n) is 11.1. The van der Waals surface area contributed by atoms with Gasteiger partial charge in [-0.1, -0.05) is 0 Å². The van der Waals surface area contributed by atoms with E-state index in [1.807, 2.05) is 11.8 Å². The lowest BCUT2D eigenvalue weighted by Gasteiger charge is -2.31. The minimum Gasteiger partial charge on any atom is -0.481 e. The van der Waals surface area contributed by atoms with Crippen LogP contribution < -0.4 is 0 Å². The molecule has 0 aliphatic carbocycles.